The SMILES string of the molecule is Cc1ccccc1CNS(=O)(=O)c1ccnc(Cl)c1. The highest BCUT2D eigenvalue weighted by Gasteiger charge is 2.14. The second kappa shape index (κ2) is 5.69. The molecule has 1 aromatic carbocycles. The number of benzene rings is 1. The van der Waals surface area contributed by atoms with Crippen molar-refractivity contribution < 1.29 is 8.42 Å². The predicted octanol–water partition coefficient (Wildman–Crippen LogP) is 2.52. The third-order valence-electron chi connectivity index (χ3n) is 2.72. The van der Waals surface area contributed by atoms with Gasteiger partial charge in [-0.15, -0.1) is 0 Å². The van der Waals surface area contributed by atoms with Gasteiger partial charge in [-0.1, -0.05) is 35.9 Å². The molecule has 4 nitrogen and oxygen atoms in total. The fraction of sp³-hybridized carbons (Fsp3) is 0.154. The number of hydrogen-bond acceptors (Lipinski definition) is 3. The fourth-order valence-corrected chi connectivity index (χ4v) is 2.87. The Kier molecular flexibility index (Phi) is 4.19. The number of pyridine rings is 1. The molecule has 0 saturated carbocycles. The van der Waals surface area contributed by atoms with Gasteiger partial charge in [-0.3, -0.25) is 0 Å². The molecule has 0 spiro atoms. The molecule has 0 atom stereocenters. The number of hydrogen-bond donors (Lipinski definition) is 1. The summed E-state index contributed by atoms with van der Waals surface area (Å²) in [4.78, 5) is 3.87. The van der Waals surface area contributed by atoms with Crippen LogP contribution in [0.15, 0.2) is 47.5 Å². The number of aromatic nitrogens is 1. The van der Waals surface area contributed by atoms with Gasteiger partial charge in [0, 0.05) is 12.7 Å². The van der Waals surface area contributed by atoms with Crippen molar-refractivity contribution in [1.82, 2.24) is 9.71 Å². The van der Waals surface area contributed by atoms with Crippen LogP contribution in [-0.4, -0.2) is 13.4 Å². The first-order valence-electron chi connectivity index (χ1n) is 5.65. The Morgan fingerprint density at radius 3 is 2.68 bits per heavy atom. The maximum Gasteiger partial charge on any atom is 0.241 e. The Morgan fingerprint density at radius 1 is 1.26 bits per heavy atom. The summed E-state index contributed by atoms with van der Waals surface area (Å²) in [5.74, 6) is 0. The summed E-state index contributed by atoms with van der Waals surface area (Å²) in [6.07, 6.45) is 1.37. The monoisotopic (exact) mass is 296 g/mol. The van der Waals surface area contributed by atoms with Crippen molar-refractivity contribution in [2.45, 2.75) is 18.4 Å². The van der Waals surface area contributed by atoms with Gasteiger partial charge in [-0.25, -0.2) is 18.1 Å². The minimum atomic E-state index is -3.57. The fourth-order valence-electron chi connectivity index (χ4n) is 1.62. The smallest absolute Gasteiger partial charge is 0.241 e. The van der Waals surface area contributed by atoms with Crippen LogP contribution in [0.4, 0.5) is 0 Å². The van der Waals surface area contributed by atoms with E-state index < -0.39 is 10.0 Å². The molecule has 0 radical (unpaired) electrons. The van der Waals surface area contributed by atoms with Gasteiger partial charge < -0.3 is 0 Å². The quantitative estimate of drug-likeness (QED) is 0.882. The summed E-state index contributed by atoms with van der Waals surface area (Å²) in [5, 5.41) is 0.152. The van der Waals surface area contributed by atoms with E-state index in [1.54, 1.807) is 0 Å². The van der Waals surface area contributed by atoms with Gasteiger partial charge in [0.1, 0.15) is 5.15 Å². The number of halogens is 1. The Hall–Kier alpha value is -1.43. The van der Waals surface area contributed by atoms with Crippen molar-refractivity contribution in [3.63, 3.8) is 0 Å². The number of aryl methyl sites for hydroxylation is 1. The molecule has 2 aromatic rings. The molecule has 100 valence electrons. The molecule has 0 amide bonds. The van der Waals surface area contributed by atoms with E-state index in [1.165, 1.54) is 18.3 Å². The van der Waals surface area contributed by atoms with Crippen molar-refractivity contribution in [3.05, 3.63) is 58.9 Å². The van der Waals surface area contributed by atoms with E-state index in [4.69, 9.17) is 11.6 Å². The molecule has 0 bridgehead atoms. The van der Waals surface area contributed by atoms with Gasteiger partial charge in [0.15, 0.2) is 0 Å². The first-order valence-corrected chi connectivity index (χ1v) is 7.51. The summed E-state index contributed by atoms with van der Waals surface area (Å²) in [7, 11) is -3.57. The van der Waals surface area contributed by atoms with E-state index in [-0.39, 0.29) is 16.6 Å². The van der Waals surface area contributed by atoms with Gasteiger partial charge in [0.2, 0.25) is 10.0 Å². The lowest BCUT2D eigenvalue weighted by Crippen LogP contribution is -2.23. The molecule has 0 unspecified atom stereocenters. The van der Waals surface area contributed by atoms with E-state index in [1.807, 2.05) is 31.2 Å². The molecular weight excluding hydrogens is 284 g/mol. The minimum absolute atomic E-state index is 0.112. The first-order chi connectivity index (χ1) is 8.99. The highest BCUT2D eigenvalue weighted by atomic mass is 35.5. The largest absolute Gasteiger partial charge is 0.244 e. The third kappa shape index (κ3) is 3.53. The van der Waals surface area contributed by atoms with Crippen molar-refractivity contribution in [2.75, 3.05) is 0 Å². The van der Waals surface area contributed by atoms with Crippen LogP contribution >= 0.6 is 11.6 Å². The second-order valence-corrected chi connectivity index (χ2v) is 6.22. The molecule has 0 fully saturated rings. The number of nitrogens with zero attached hydrogens (tertiary/aromatic N) is 1. The number of sulfonamides is 1. The van der Waals surface area contributed by atoms with Crippen molar-refractivity contribution in [3.8, 4) is 0 Å². The number of nitrogens with one attached hydrogen (secondary N) is 1. The minimum Gasteiger partial charge on any atom is -0.244 e. The van der Waals surface area contributed by atoms with Crippen LogP contribution in [0.5, 0.6) is 0 Å². The molecular formula is C13H13ClN2O2S. The van der Waals surface area contributed by atoms with Gasteiger partial charge in [-0.2, -0.15) is 0 Å². The van der Waals surface area contributed by atoms with Crippen LogP contribution in [0.2, 0.25) is 5.15 Å². The molecule has 0 aliphatic rings. The van der Waals surface area contributed by atoms with Crippen LogP contribution in [0, 0.1) is 6.92 Å². The van der Waals surface area contributed by atoms with Crippen molar-refractivity contribution in [1.29, 1.82) is 0 Å². The van der Waals surface area contributed by atoms with E-state index in [0.717, 1.165) is 11.1 Å². The molecule has 2 rings (SSSR count). The zero-order chi connectivity index (χ0) is 13.9. The van der Waals surface area contributed by atoms with Crippen LogP contribution < -0.4 is 4.72 Å². The van der Waals surface area contributed by atoms with E-state index in [2.05, 4.69) is 9.71 Å². The maximum absolute atomic E-state index is 12.1. The normalized spacial score (nSPS) is 11.5. The van der Waals surface area contributed by atoms with Gasteiger partial charge in [-0.05, 0) is 30.2 Å². The van der Waals surface area contributed by atoms with Crippen LogP contribution in [0.25, 0.3) is 0 Å². The van der Waals surface area contributed by atoms with Crippen LogP contribution in [-0.2, 0) is 16.6 Å². The van der Waals surface area contributed by atoms with E-state index >= 15 is 0 Å². The zero-order valence-corrected chi connectivity index (χ0v) is 11.9. The second-order valence-electron chi connectivity index (χ2n) is 4.07. The standard InChI is InChI=1S/C13H13ClN2O2S/c1-10-4-2-3-5-11(10)9-16-19(17,18)12-6-7-15-13(14)8-12/h2-8,16H,9H2,1H3. The zero-order valence-electron chi connectivity index (χ0n) is 10.3. The number of rotatable bonds is 4. The van der Waals surface area contributed by atoms with Crippen LogP contribution in [0.3, 0.4) is 0 Å². The summed E-state index contributed by atoms with van der Waals surface area (Å²) in [5.41, 5.74) is 1.98. The maximum atomic E-state index is 12.1. The lowest BCUT2D eigenvalue weighted by atomic mass is 10.1. The molecule has 1 heterocycles. The Labute approximate surface area is 117 Å². The molecule has 1 N–H and O–H groups in total. The lowest BCUT2D eigenvalue weighted by molar-refractivity contribution is 0.581. The highest BCUT2D eigenvalue weighted by Crippen LogP contribution is 2.14. The third-order valence-corrected chi connectivity index (χ3v) is 4.33. The average molecular weight is 297 g/mol. The molecule has 0 aliphatic heterocycles. The summed E-state index contributed by atoms with van der Waals surface area (Å²) in [6, 6.07) is 10.3. The summed E-state index contributed by atoms with van der Waals surface area (Å²) >= 11 is 5.69. The highest BCUT2D eigenvalue weighted by molar-refractivity contribution is 7.89. The topological polar surface area (TPSA) is 59.1 Å². The average Bonchev–Trinajstić information content (AvgIpc) is 2.38. The molecule has 6 heteroatoms. The molecule has 0 saturated heterocycles. The molecule has 0 aliphatic carbocycles. The Bertz CT molecular complexity index is 687. The Morgan fingerprint density at radius 2 is 2.00 bits per heavy atom. The van der Waals surface area contributed by atoms with Gasteiger partial charge in [0.05, 0.1) is 4.90 Å². The Balaban J connectivity index is 2.17. The lowest BCUT2D eigenvalue weighted by Gasteiger charge is -2.08. The van der Waals surface area contributed by atoms with Crippen molar-refractivity contribution in [2.24, 2.45) is 0 Å². The van der Waals surface area contributed by atoms with Crippen molar-refractivity contribution >= 4 is 21.6 Å². The predicted molar refractivity (Wildman–Crippen MR) is 74.5 cm³/mol. The summed E-state index contributed by atoms with van der Waals surface area (Å²) in [6.45, 7) is 2.18. The van der Waals surface area contributed by atoms with E-state index in [0.29, 0.717) is 0 Å². The van der Waals surface area contributed by atoms with Gasteiger partial charge in [0.25, 0.3) is 0 Å². The first kappa shape index (κ1) is 14.0. The summed E-state index contributed by atoms with van der Waals surface area (Å²) < 4.78 is 26.7. The van der Waals surface area contributed by atoms with Gasteiger partial charge >= 0.3 is 0 Å². The van der Waals surface area contributed by atoms with E-state index in [9.17, 15) is 8.42 Å². The van der Waals surface area contributed by atoms with Crippen LogP contribution in [0.1, 0.15) is 11.1 Å². The molecule has 19 heavy (non-hydrogen) atoms. The molecule has 1 aromatic heterocycles.